The Morgan fingerprint density at radius 3 is 2.86 bits per heavy atom. The predicted octanol–water partition coefficient (Wildman–Crippen LogP) is 2.10. The third-order valence-corrected chi connectivity index (χ3v) is 4.22. The van der Waals surface area contributed by atoms with E-state index in [1.807, 2.05) is 6.92 Å². The highest BCUT2D eigenvalue weighted by molar-refractivity contribution is 5.96. The van der Waals surface area contributed by atoms with Crippen LogP contribution in [0.5, 0.6) is 0 Å². The van der Waals surface area contributed by atoms with Crippen molar-refractivity contribution >= 4 is 11.6 Å². The topological polar surface area (TPSA) is 89.5 Å². The van der Waals surface area contributed by atoms with Crippen LogP contribution in [-0.4, -0.2) is 34.9 Å². The minimum atomic E-state index is -0.451. The first-order valence-corrected chi connectivity index (χ1v) is 7.20. The summed E-state index contributed by atoms with van der Waals surface area (Å²) in [7, 11) is 0. The number of likely N-dealkylation sites (tertiary alicyclic amines) is 1. The smallest absolute Gasteiger partial charge is 0.273 e. The number of rotatable bonds is 3. The first kappa shape index (κ1) is 15.4. The van der Waals surface area contributed by atoms with Gasteiger partial charge in [-0.05, 0) is 38.7 Å². The predicted molar refractivity (Wildman–Crippen MR) is 80.1 cm³/mol. The summed E-state index contributed by atoms with van der Waals surface area (Å²) in [5.74, 6) is 0.156. The number of nitrogens with zero attached hydrogens (tertiary/aromatic N) is 2. The van der Waals surface area contributed by atoms with Crippen LogP contribution in [0.4, 0.5) is 5.69 Å². The van der Waals surface area contributed by atoms with Gasteiger partial charge in [-0.15, -0.1) is 0 Å². The molecule has 0 bridgehead atoms. The van der Waals surface area contributed by atoms with E-state index in [0.717, 1.165) is 12.8 Å². The normalized spacial score (nSPS) is 20.1. The van der Waals surface area contributed by atoms with E-state index >= 15 is 0 Å². The lowest BCUT2D eigenvalue weighted by Gasteiger charge is -2.34. The van der Waals surface area contributed by atoms with Crippen LogP contribution in [-0.2, 0) is 0 Å². The maximum absolute atomic E-state index is 12.6. The Kier molecular flexibility index (Phi) is 4.57. The fourth-order valence-electron chi connectivity index (χ4n) is 2.85. The summed E-state index contributed by atoms with van der Waals surface area (Å²) in [6.07, 6.45) is 1.95. The molecule has 0 saturated carbocycles. The lowest BCUT2D eigenvalue weighted by Crippen LogP contribution is -2.45. The van der Waals surface area contributed by atoms with E-state index in [1.165, 1.54) is 6.07 Å². The molecule has 6 heteroatoms. The molecule has 1 aromatic carbocycles. The molecule has 1 aliphatic rings. The van der Waals surface area contributed by atoms with Crippen molar-refractivity contribution in [1.82, 2.24) is 4.90 Å². The number of piperidine rings is 1. The molecule has 6 nitrogen and oxygen atoms in total. The summed E-state index contributed by atoms with van der Waals surface area (Å²) in [6, 6.07) is 4.69. The molecule has 1 aliphatic heterocycles. The van der Waals surface area contributed by atoms with Gasteiger partial charge in [-0.2, -0.15) is 0 Å². The summed E-state index contributed by atoms with van der Waals surface area (Å²) in [5, 5.41) is 11.0. The molecule has 21 heavy (non-hydrogen) atoms. The van der Waals surface area contributed by atoms with Crippen LogP contribution in [0, 0.1) is 23.0 Å². The first-order chi connectivity index (χ1) is 9.91. The van der Waals surface area contributed by atoms with Gasteiger partial charge < -0.3 is 10.6 Å². The third kappa shape index (κ3) is 3.21. The van der Waals surface area contributed by atoms with Crippen LogP contribution in [0.3, 0.4) is 0 Å². The fraction of sp³-hybridized carbons (Fsp3) is 0.533. The average molecular weight is 291 g/mol. The van der Waals surface area contributed by atoms with Crippen molar-refractivity contribution in [2.24, 2.45) is 11.7 Å². The standard InChI is InChI=1S/C15H21N3O3/c1-10-13(6-3-7-14(10)18(20)21)15(19)17-8-4-5-12(9-17)11(2)16/h3,6-7,11-12H,4-5,8-9,16H2,1-2H3. The Balaban J connectivity index is 2.24. The van der Waals surface area contributed by atoms with Gasteiger partial charge in [-0.3, -0.25) is 14.9 Å². The van der Waals surface area contributed by atoms with Crippen LogP contribution in [0.15, 0.2) is 18.2 Å². The van der Waals surface area contributed by atoms with Crippen molar-refractivity contribution < 1.29 is 9.72 Å². The molecule has 2 atom stereocenters. The number of nitro groups is 1. The summed E-state index contributed by atoms with van der Waals surface area (Å²) < 4.78 is 0. The zero-order valence-electron chi connectivity index (χ0n) is 12.4. The number of nitrogens with two attached hydrogens (primary N) is 1. The maximum Gasteiger partial charge on any atom is 0.273 e. The monoisotopic (exact) mass is 291 g/mol. The van der Waals surface area contributed by atoms with Crippen LogP contribution in [0.2, 0.25) is 0 Å². The van der Waals surface area contributed by atoms with E-state index in [1.54, 1.807) is 24.0 Å². The van der Waals surface area contributed by atoms with Gasteiger partial charge in [0.05, 0.1) is 4.92 Å². The Labute approximate surface area is 124 Å². The zero-order valence-corrected chi connectivity index (χ0v) is 12.4. The average Bonchev–Trinajstić information content (AvgIpc) is 2.46. The molecule has 0 aliphatic carbocycles. The molecular weight excluding hydrogens is 270 g/mol. The highest BCUT2D eigenvalue weighted by Gasteiger charge is 2.28. The third-order valence-electron chi connectivity index (χ3n) is 4.22. The second-order valence-electron chi connectivity index (χ2n) is 5.72. The summed E-state index contributed by atoms with van der Waals surface area (Å²) >= 11 is 0. The van der Waals surface area contributed by atoms with E-state index in [4.69, 9.17) is 5.73 Å². The van der Waals surface area contributed by atoms with Gasteiger partial charge in [0.2, 0.25) is 0 Å². The molecule has 114 valence electrons. The second-order valence-corrected chi connectivity index (χ2v) is 5.72. The van der Waals surface area contributed by atoms with Gasteiger partial charge in [0, 0.05) is 36.3 Å². The minimum Gasteiger partial charge on any atom is -0.338 e. The molecule has 0 aromatic heterocycles. The summed E-state index contributed by atoms with van der Waals surface area (Å²) in [6.45, 7) is 4.89. The highest BCUT2D eigenvalue weighted by Crippen LogP contribution is 2.25. The molecule has 0 spiro atoms. The molecule has 2 N–H and O–H groups in total. The Hall–Kier alpha value is -1.95. The molecule has 2 unspecified atom stereocenters. The number of benzene rings is 1. The van der Waals surface area contributed by atoms with Crippen molar-refractivity contribution in [2.75, 3.05) is 13.1 Å². The molecule has 0 radical (unpaired) electrons. The maximum atomic E-state index is 12.6. The van der Waals surface area contributed by atoms with Crippen molar-refractivity contribution in [3.05, 3.63) is 39.4 Å². The van der Waals surface area contributed by atoms with Crippen molar-refractivity contribution in [3.63, 3.8) is 0 Å². The number of amides is 1. The second kappa shape index (κ2) is 6.22. The lowest BCUT2D eigenvalue weighted by molar-refractivity contribution is -0.385. The molecule has 1 amide bonds. The fourth-order valence-corrected chi connectivity index (χ4v) is 2.85. The molecule has 1 saturated heterocycles. The van der Waals surface area contributed by atoms with Crippen LogP contribution in [0.25, 0.3) is 0 Å². The molecular formula is C15H21N3O3. The van der Waals surface area contributed by atoms with Gasteiger partial charge in [0.25, 0.3) is 11.6 Å². The molecule has 1 fully saturated rings. The quantitative estimate of drug-likeness (QED) is 0.682. The molecule has 2 rings (SSSR count). The largest absolute Gasteiger partial charge is 0.338 e. The van der Waals surface area contributed by atoms with Crippen molar-refractivity contribution in [3.8, 4) is 0 Å². The van der Waals surface area contributed by atoms with Gasteiger partial charge in [0.1, 0.15) is 0 Å². The van der Waals surface area contributed by atoms with Gasteiger partial charge in [0.15, 0.2) is 0 Å². The van der Waals surface area contributed by atoms with Gasteiger partial charge in [-0.1, -0.05) is 6.07 Å². The summed E-state index contributed by atoms with van der Waals surface area (Å²) in [5.41, 5.74) is 6.76. The van der Waals surface area contributed by atoms with E-state index in [2.05, 4.69) is 0 Å². The summed E-state index contributed by atoms with van der Waals surface area (Å²) in [4.78, 5) is 24.9. The highest BCUT2D eigenvalue weighted by atomic mass is 16.6. The Morgan fingerprint density at radius 2 is 2.24 bits per heavy atom. The van der Waals surface area contributed by atoms with E-state index < -0.39 is 4.92 Å². The van der Waals surface area contributed by atoms with Crippen molar-refractivity contribution in [2.45, 2.75) is 32.7 Å². The number of carbonyl (C=O) groups excluding carboxylic acids is 1. The minimum absolute atomic E-state index is 0.0124. The SMILES string of the molecule is Cc1c(C(=O)N2CCCC(C(C)N)C2)cccc1[N+](=O)[O-]. The van der Waals surface area contributed by atoms with Crippen molar-refractivity contribution in [1.29, 1.82) is 0 Å². The number of hydrogen-bond donors (Lipinski definition) is 1. The van der Waals surface area contributed by atoms with E-state index in [0.29, 0.717) is 30.1 Å². The number of nitro benzene ring substituents is 1. The van der Waals surface area contributed by atoms with E-state index in [9.17, 15) is 14.9 Å². The first-order valence-electron chi connectivity index (χ1n) is 7.20. The molecule has 1 aromatic rings. The Bertz CT molecular complexity index is 557. The number of carbonyl (C=O) groups is 1. The molecule has 1 heterocycles. The van der Waals surface area contributed by atoms with E-state index in [-0.39, 0.29) is 17.6 Å². The van der Waals surface area contributed by atoms with Crippen LogP contribution < -0.4 is 5.73 Å². The van der Waals surface area contributed by atoms with Crippen LogP contribution in [0.1, 0.15) is 35.7 Å². The van der Waals surface area contributed by atoms with Gasteiger partial charge >= 0.3 is 0 Å². The number of hydrogen-bond acceptors (Lipinski definition) is 4. The lowest BCUT2D eigenvalue weighted by atomic mass is 9.91. The van der Waals surface area contributed by atoms with Gasteiger partial charge in [-0.25, -0.2) is 0 Å². The zero-order chi connectivity index (χ0) is 15.6. The Morgan fingerprint density at radius 1 is 1.52 bits per heavy atom. The van der Waals surface area contributed by atoms with Crippen LogP contribution >= 0.6 is 0 Å².